The van der Waals surface area contributed by atoms with Crippen LogP contribution in [0.1, 0.15) is 0 Å². The van der Waals surface area contributed by atoms with Crippen LogP contribution in [-0.2, 0) is 4.74 Å². The molecule has 1 aromatic rings. The van der Waals surface area contributed by atoms with Gasteiger partial charge in [0.1, 0.15) is 12.4 Å². The van der Waals surface area contributed by atoms with Gasteiger partial charge >= 0.3 is 6.09 Å². The fourth-order valence-electron chi connectivity index (χ4n) is 1.03. The number of nitrogens with one attached hydrogen (secondary N) is 1. The predicted molar refractivity (Wildman–Crippen MR) is 62.8 cm³/mol. The number of hydrogen-bond acceptors (Lipinski definition) is 4. The topological polar surface area (TPSA) is 67.8 Å². The lowest BCUT2D eigenvalue weighted by Gasteiger charge is -2.08. The molecule has 0 radical (unpaired) electrons. The first-order valence-corrected chi connectivity index (χ1v) is 5.35. The maximum atomic E-state index is 11.2. The van der Waals surface area contributed by atoms with E-state index in [2.05, 4.69) is 26.0 Å². The second kappa shape index (κ2) is 6.34. The van der Waals surface area contributed by atoms with Crippen molar-refractivity contribution < 1.29 is 19.4 Å². The van der Waals surface area contributed by atoms with Gasteiger partial charge in [-0.2, -0.15) is 0 Å². The first kappa shape index (κ1) is 12.8. The number of methoxy groups -OCH3 is 1. The molecule has 16 heavy (non-hydrogen) atoms. The third kappa shape index (κ3) is 3.71. The second-order valence-electron chi connectivity index (χ2n) is 2.83. The number of halogens is 1. The third-order valence-corrected chi connectivity index (χ3v) is 2.38. The van der Waals surface area contributed by atoms with Crippen molar-refractivity contribution >= 4 is 27.7 Å². The maximum absolute atomic E-state index is 11.2. The van der Waals surface area contributed by atoms with E-state index in [0.29, 0.717) is 11.4 Å². The van der Waals surface area contributed by atoms with Gasteiger partial charge in [0.2, 0.25) is 0 Å². The van der Waals surface area contributed by atoms with Gasteiger partial charge in [-0.15, -0.1) is 0 Å². The minimum Gasteiger partial charge on any atom is -0.495 e. The minimum atomic E-state index is -0.613. The fourth-order valence-corrected chi connectivity index (χ4v) is 1.44. The van der Waals surface area contributed by atoms with E-state index < -0.39 is 6.09 Å². The Kier molecular flexibility index (Phi) is 5.07. The minimum absolute atomic E-state index is 0.0283. The molecule has 0 fully saturated rings. The van der Waals surface area contributed by atoms with E-state index in [9.17, 15) is 4.79 Å². The molecule has 1 rings (SSSR count). The SMILES string of the molecule is COc1cc(NC(=O)OCCO)ccc1Br. The molecule has 0 saturated carbocycles. The Morgan fingerprint density at radius 2 is 2.31 bits per heavy atom. The van der Waals surface area contributed by atoms with Gasteiger partial charge in [-0.25, -0.2) is 4.79 Å². The van der Waals surface area contributed by atoms with Gasteiger partial charge in [-0.05, 0) is 28.1 Å². The number of rotatable bonds is 4. The van der Waals surface area contributed by atoms with Crippen molar-refractivity contribution in [1.82, 2.24) is 0 Å². The largest absolute Gasteiger partial charge is 0.495 e. The van der Waals surface area contributed by atoms with E-state index >= 15 is 0 Å². The van der Waals surface area contributed by atoms with Crippen LogP contribution in [0, 0.1) is 0 Å². The van der Waals surface area contributed by atoms with Crippen molar-refractivity contribution in [2.75, 3.05) is 25.6 Å². The highest BCUT2D eigenvalue weighted by atomic mass is 79.9. The second-order valence-corrected chi connectivity index (χ2v) is 3.69. The summed E-state index contributed by atoms with van der Waals surface area (Å²) in [6.45, 7) is -0.226. The summed E-state index contributed by atoms with van der Waals surface area (Å²) >= 11 is 3.30. The Bertz CT molecular complexity index is 370. The number of hydrogen-bond donors (Lipinski definition) is 2. The number of ether oxygens (including phenoxy) is 2. The zero-order valence-corrected chi connectivity index (χ0v) is 10.3. The van der Waals surface area contributed by atoms with Crippen molar-refractivity contribution in [3.8, 4) is 5.75 Å². The summed E-state index contributed by atoms with van der Waals surface area (Å²) < 4.78 is 10.5. The van der Waals surface area contributed by atoms with Crippen molar-refractivity contribution in [3.63, 3.8) is 0 Å². The zero-order chi connectivity index (χ0) is 12.0. The predicted octanol–water partition coefficient (Wildman–Crippen LogP) is 2.00. The Hall–Kier alpha value is -1.27. The summed E-state index contributed by atoms with van der Waals surface area (Å²) in [7, 11) is 1.54. The normalized spacial score (nSPS) is 9.69. The Balaban J connectivity index is 2.63. The molecule has 0 aliphatic heterocycles. The van der Waals surface area contributed by atoms with E-state index in [1.807, 2.05) is 0 Å². The molecule has 6 heteroatoms. The molecule has 0 saturated heterocycles. The monoisotopic (exact) mass is 289 g/mol. The molecule has 0 aliphatic carbocycles. The summed E-state index contributed by atoms with van der Waals surface area (Å²) in [5, 5.41) is 11.0. The van der Waals surface area contributed by atoms with Crippen molar-refractivity contribution in [1.29, 1.82) is 0 Å². The molecule has 88 valence electrons. The molecule has 0 spiro atoms. The molecular formula is C10H12BrNO4. The summed E-state index contributed by atoms with van der Waals surface area (Å²) in [5.74, 6) is 0.611. The number of carbonyl (C=O) groups excluding carboxylic acids is 1. The van der Waals surface area contributed by atoms with E-state index in [-0.39, 0.29) is 13.2 Å². The third-order valence-electron chi connectivity index (χ3n) is 1.72. The van der Waals surface area contributed by atoms with Gasteiger partial charge in [0.05, 0.1) is 18.2 Å². The maximum Gasteiger partial charge on any atom is 0.411 e. The number of aliphatic hydroxyl groups is 1. The highest BCUT2D eigenvalue weighted by Crippen LogP contribution is 2.27. The van der Waals surface area contributed by atoms with Gasteiger partial charge in [0.25, 0.3) is 0 Å². The standard InChI is InChI=1S/C10H12BrNO4/c1-15-9-6-7(2-3-8(9)11)12-10(14)16-5-4-13/h2-3,6,13H,4-5H2,1H3,(H,12,14). The fraction of sp³-hybridized carbons (Fsp3) is 0.300. The molecule has 0 aliphatic rings. The first-order chi connectivity index (χ1) is 7.67. The molecular weight excluding hydrogens is 278 g/mol. The Morgan fingerprint density at radius 3 is 2.94 bits per heavy atom. The van der Waals surface area contributed by atoms with E-state index in [0.717, 1.165) is 4.47 Å². The van der Waals surface area contributed by atoms with Gasteiger partial charge in [0.15, 0.2) is 0 Å². The average Bonchev–Trinajstić information content (AvgIpc) is 2.29. The highest BCUT2D eigenvalue weighted by Gasteiger charge is 2.05. The molecule has 1 aromatic carbocycles. The van der Waals surface area contributed by atoms with Crippen molar-refractivity contribution in [2.24, 2.45) is 0 Å². The summed E-state index contributed by atoms with van der Waals surface area (Å²) in [6.07, 6.45) is -0.613. The van der Waals surface area contributed by atoms with Crippen molar-refractivity contribution in [2.45, 2.75) is 0 Å². The van der Waals surface area contributed by atoms with E-state index in [4.69, 9.17) is 9.84 Å². The number of aliphatic hydroxyl groups excluding tert-OH is 1. The first-order valence-electron chi connectivity index (χ1n) is 4.55. The molecule has 0 heterocycles. The molecule has 5 nitrogen and oxygen atoms in total. The zero-order valence-electron chi connectivity index (χ0n) is 8.70. The van der Waals surface area contributed by atoms with Crippen LogP contribution in [0.4, 0.5) is 10.5 Å². The average molecular weight is 290 g/mol. The lowest BCUT2D eigenvalue weighted by Crippen LogP contribution is -2.15. The van der Waals surface area contributed by atoms with Gasteiger partial charge in [0, 0.05) is 11.8 Å². The van der Waals surface area contributed by atoms with Crippen LogP contribution in [0.2, 0.25) is 0 Å². The summed E-state index contributed by atoms with van der Waals surface area (Å²) in [6, 6.07) is 5.11. The van der Waals surface area contributed by atoms with Crippen LogP contribution in [0.5, 0.6) is 5.75 Å². The molecule has 0 unspecified atom stereocenters. The van der Waals surface area contributed by atoms with E-state index in [1.165, 1.54) is 7.11 Å². The molecule has 0 atom stereocenters. The summed E-state index contributed by atoms with van der Waals surface area (Å²) in [5.41, 5.74) is 0.558. The van der Waals surface area contributed by atoms with Crippen LogP contribution in [0.3, 0.4) is 0 Å². The number of carbonyl (C=O) groups is 1. The number of anilines is 1. The van der Waals surface area contributed by atoms with Crippen LogP contribution in [0.15, 0.2) is 22.7 Å². The van der Waals surface area contributed by atoms with Gasteiger partial charge < -0.3 is 14.6 Å². The lowest BCUT2D eigenvalue weighted by atomic mass is 10.3. The quantitative estimate of drug-likeness (QED) is 0.890. The molecule has 1 amide bonds. The Morgan fingerprint density at radius 1 is 1.56 bits per heavy atom. The number of benzene rings is 1. The van der Waals surface area contributed by atoms with Gasteiger partial charge in [-0.3, -0.25) is 5.32 Å². The van der Waals surface area contributed by atoms with Crippen LogP contribution in [-0.4, -0.2) is 31.5 Å². The molecule has 0 aromatic heterocycles. The highest BCUT2D eigenvalue weighted by molar-refractivity contribution is 9.10. The van der Waals surface area contributed by atoms with Crippen LogP contribution in [0.25, 0.3) is 0 Å². The van der Waals surface area contributed by atoms with E-state index in [1.54, 1.807) is 18.2 Å². The summed E-state index contributed by atoms with van der Waals surface area (Å²) in [4.78, 5) is 11.2. The lowest BCUT2D eigenvalue weighted by molar-refractivity contribution is 0.131. The molecule has 0 bridgehead atoms. The smallest absolute Gasteiger partial charge is 0.411 e. The Labute approximate surface area is 101 Å². The number of amides is 1. The van der Waals surface area contributed by atoms with Crippen molar-refractivity contribution in [3.05, 3.63) is 22.7 Å². The van der Waals surface area contributed by atoms with Crippen LogP contribution >= 0.6 is 15.9 Å². The molecule has 2 N–H and O–H groups in total. The van der Waals surface area contributed by atoms with Gasteiger partial charge in [-0.1, -0.05) is 0 Å². The van der Waals surface area contributed by atoms with Crippen LogP contribution < -0.4 is 10.1 Å².